The number of carbonyl (C=O) groups excluding carboxylic acids is 3. The minimum Gasteiger partial charge on any atom is -0.494 e. The Balaban J connectivity index is 1.23. The number of rotatable bonds is 12. The van der Waals surface area contributed by atoms with E-state index in [-0.39, 0.29) is 11.6 Å². The van der Waals surface area contributed by atoms with E-state index in [2.05, 4.69) is 20.9 Å². The molecule has 11 heteroatoms. The predicted molar refractivity (Wildman–Crippen MR) is 192 cm³/mol. The van der Waals surface area contributed by atoms with Crippen LogP contribution in [-0.4, -0.2) is 48.7 Å². The molecule has 1 unspecified atom stereocenters. The van der Waals surface area contributed by atoms with Gasteiger partial charge < -0.3 is 25.6 Å². The molecule has 0 fully saturated rings. The van der Waals surface area contributed by atoms with E-state index in [0.29, 0.717) is 23.0 Å². The third-order valence-electron chi connectivity index (χ3n) is 6.94. The molecule has 47 heavy (non-hydrogen) atoms. The van der Waals surface area contributed by atoms with Crippen molar-refractivity contribution in [2.75, 3.05) is 36.2 Å². The lowest BCUT2D eigenvalue weighted by atomic mass is 10.1. The van der Waals surface area contributed by atoms with Crippen LogP contribution in [0.4, 0.5) is 16.5 Å². The van der Waals surface area contributed by atoms with Gasteiger partial charge in [0.1, 0.15) is 11.4 Å². The van der Waals surface area contributed by atoms with Gasteiger partial charge >= 0.3 is 0 Å². The zero-order valence-corrected chi connectivity index (χ0v) is 28.1. The molecular weight excluding hydrogens is 631 g/mol. The van der Waals surface area contributed by atoms with Gasteiger partial charge in [-0.15, -0.1) is 11.8 Å². The molecule has 0 radical (unpaired) electrons. The summed E-state index contributed by atoms with van der Waals surface area (Å²) in [5, 5.41) is 8.69. The van der Waals surface area contributed by atoms with Crippen molar-refractivity contribution in [1.82, 2.24) is 10.3 Å². The Morgan fingerprint density at radius 2 is 1.66 bits per heavy atom. The normalized spacial score (nSPS) is 11.9. The first-order valence-corrected chi connectivity index (χ1v) is 16.7. The molecule has 1 heterocycles. The van der Waals surface area contributed by atoms with Crippen LogP contribution in [0.2, 0.25) is 0 Å². The number of fused-ring (bicyclic) bond motifs is 1. The minimum atomic E-state index is -0.469. The van der Waals surface area contributed by atoms with Crippen LogP contribution in [0.3, 0.4) is 0 Å². The van der Waals surface area contributed by atoms with E-state index in [9.17, 15) is 14.4 Å². The number of benzene rings is 4. The van der Waals surface area contributed by atoms with Gasteiger partial charge in [-0.2, -0.15) is 0 Å². The van der Waals surface area contributed by atoms with Gasteiger partial charge in [0.05, 0.1) is 22.1 Å². The maximum Gasteiger partial charge on any atom is 0.272 e. The van der Waals surface area contributed by atoms with E-state index in [4.69, 9.17) is 4.74 Å². The Kier molecular flexibility index (Phi) is 10.9. The lowest BCUT2D eigenvalue weighted by Crippen LogP contribution is -2.30. The molecule has 3 N–H and O–H groups in total. The van der Waals surface area contributed by atoms with Crippen LogP contribution in [-0.2, 0) is 9.59 Å². The second-order valence-electron chi connectivity index (χ2n) is 10.7. The number of thioether (sulfide) groups is 1. The van der Waals surface area contributed by atoms with Gasteiger partial charge in [0.25, 0.3) is 11.8 Å². The molecule has 0 spiro atoms. The second-order valence-corrected chi connectivity index (χ2v) is 13.1. The van der Waals surface area contributed by atoms with Crippen molar-refractivity contribution in [3.8, 4) is 5.75 Å². The second kappa shape index (κ2) is 15.4. The lowest BCUT2D eigenvalue weighted by molar-refractivity contribution is -0.115. The largest absolute Gasteiger partial charge is 0.494 e. The van der Waals surface area contributed by atoms with Gasteiger partial charge in [0.2, 0.25) is 5.91 Å². The van der Waals surface area contributed by atoms with Gasteiger partial charge in [-0.3, -0.25) is 14.4 Å². The Bertz CT molecular complexity index is 1890. The fourth-order valence-corrected chi connectivity index (χ4v) is 6.24. The summed E-state index contributed by atoms with van der Waals surface area (Å²) in [6, 6.07) is 29.2. The van der Waals surface area contributed by atoms with E-state index in [0.717, 1.165) is 32.1 Å². The smallest absolute Gasteiger partial charge is 0.272 e. The maximum absolute atomic E-state index is 13.4. The number of amides is 3. The quantitative estimate of drug-likeness (QED) is 0.0948. The first-order valence-electron chi connectivity index (χ1n) is 15.0. The molecule has 0 bridgehead atoms. The van der Waals surface area contributed by atoms with Gasteiger partial charge in [-0.05, 0) is 92.2 Å². The zero-order chi connectivity index (χ0) is 33.3. The number of hydrogen-bond donors (Lipinski definition) is 3. The van der Waals surface area contributed by atoms with Gasteiger partial charge in [0, 0.05) is 35.9 Å². The first-order chi connectivity index (χ1) is 22.7. The summed E-state index contributed by atoms with van der Waals surface area (Å²) in [7, 11) is 3.90. The number of anilines is 3. The van der Waals surface area contributed by atoms with E-state index in [1.54, 1.807) is 42.5 Å². The molecule has 9 nitrogen and oxygen atoms in total. The summed E-state index contributed by atoms with van der Waals surface area (Å²) < 4.78 is 6.49. The fraction of sp³-hybridized carbons (Fsp3) is 0.167. The first kappa shape index (κ1) is 33.2. The number of thiazole rings is 1. The molecule has 0 aliphatic carbocycles. The molecule has 5 aromatic rings. The van der Waals surface area contributed by atoms with Crippen molar-refractivity contribution in [3.63, 3.8) is 0 Å². The van der Waals surface area contributed by atoms with Crippen molar-refractivity contribution in [2.45, 2.75) is 24.0 Å². The highest BCUT2D eigenvalue weighted by atomic mass is 32.2. The summed E-state index contributed by atoms with van der Waals surface area (Å²) >= 11 is 2.79. The van der Waals surface area contributed by atoms with Crippen molar-refractivity contribution in [2.24, 2.45) is 0 Å². The van der Waals surface area contributed by atoms with Crippen molar-refractivity contribution < 1.29 is 19.1 Å². The summed E-state index contributed by atoms with van der Waals surface area (Å²) in [5.74, 6) is -0.261. The van der Waals surface area contributed by atoms with Crippen LogP contribution >= 0.6 is 23.1 Å². The third kappa shape index (κ3) is 8.99. The van der Waals surface area contributed by atoms with Crippen LogP contribution in [0.25, 0.3) is 16.3 Å². The highest BCUT2D eigenvalue weighted by Gasteiger charge is 2.18. The number of aromatic nitrogens is 1. The minimum absolute atomic E-state index is 0.101. The highest BCUT2D eigenvalue weighted by molar-refractivity contribution is 8.00. The van der Waals surface area contributed by atoms with Crippen molar-refractivity contribution in [3.05, 3.63) is 114 Å². The summed E-state index contributed by atoms with van der Waals surface area (Å²) in [6.07, 6.45) is 1.64. The maximum atomic E-state index is 13.4. The Hall–Kier alpha value is -5.13. The standard InChI is InChI=1S/C36H35N5O4S2/c1-5-45-28-17-20-30-32(22-28)47-36(39-30)40-33(42)23(2)46-29-18-13-26(14-19-29)37-35(44)31(38-34(43)25-9-7-6-8-10-25)21-24-11-15-27(16-12-24)41(3)4/h6-23H,5H2,1-4H3,(H,37,44)(H,38,43)(H,39,40,42)/b31-21-. The van der Waals surface area contributed by atoms with Crippen LogP contribution < -0.4 is 25.6 Å². The van der Waals surface area contributed by atoms with Crippen LogP contribution in [0.1, 0.15) is 29.8 Å². The van der Waals surface area contributed by atoms with Crippen molar-refractivity contribution >= 4 is 73.6 Å². The Morgan fingerprint density at radius 1 is 0.936 bits per heavy atom. The van der Waals surface area contributed by atoms with Crippen LogP contribution in [0.5, 0.6) is 5.75 Å². The lowest BCUT2D eigenvalue weighted by Gasteiger charge is -2.14. The monoisotopic (exact) mass is 665 g/mol. The van der Waals surface area contributed by atoms with E-state index in [1.165, 1.54) is 23.1 Å². The van der Waals surface area contributed by atoms with Gasteiger partial charge in [-0.25, -0.2) is 4.98 Å². The molecule has 3 amide bonds. The Labute approximate surface area is 282 Å². The molecule has 240 valence electrons. The number of nitrogens with one attached hydrogen (secondary N) is 3. The van der Waals surface area contributed by atoms with Crippen LogP contribution in [0.15, 0.2) is 108 Å². The van der Waals surface area contributed by atoms with Gasteiger partial charge in [0.15, 0.2) is 5.13 Å². The SMILES string of the molecule is CCOc1ccc2nc(NC(=O)C(C)Sc3ccc(NC(=O)/C(=C/c4ccc(N(C)C)cc4)NC(=O)c4ccccc4)cc3)sc2c1. The zero-order valence-electron chi connectivity index (χ0n) is 26.4. The molecule has 0 saturated heterocycles. The summed E-state index contributed by atoms with van der Waals surface area (Å²) in [5.41, 5.74) is 3.65. The van der Waals surface area contributed by atoms with E-state index >= 15 is 0 Å². The average molecular weight is 666 g/mol. The molecule has 1 aromatic heterocycles. The summed E-state index contributed by atoms with van der Waals surface area (Å²) in [4.78, 5) is 46.7. The van der Waals surface area contributed by atoms with E-state index in [1.807, 2.05) is 93.5 Å². The van der Waals surface area contributed by atoms with Crippen LogP contribution in [0, 0.1) is 0 Å². The summed E-state index contributed by atoms with van der Waals surface area (Å²) in [6.45, 7) is 4.34. The molecule has 4 aromatic carbocycles. The highest BCUT2D eigenvalue weighted by Crippen LogP contribution is 2.31. The van der Waals surface area contributed by atoms with Gasteiger partial charge in [-0.1, -0.05) is 41.7 Å². The average Bonchev–Trinajstić information content (AvgIpc) is 3.47. The van der Waals surface area contributed by atoms with Crippen molar-refractivity contribution in [1.29, 1.82) is 0 Å². The Morgan fingerprint density at radius 3 is 2.34 bits per heavy atom. The molecular formula is C36H35N5O4S2. The molecule has 1 atom stereocenters. The predicted octanol–water partition coefficient (Wildman–Crippen LogP) is 7.29. The number of carbonyl (C=O) groups is 3. The van der Waals surface area contributed by atoms with E-state index < -0.39 is 17.1 Å². The fourth-order valence-electron chi connectivity index (χ4n) is 4.47. The topological polar surface area (TPSA) is 113 Å². The molecule has 5 rings (SSSR count). The number of hydrogen-bond acceptors (Lipinski definition) is 8. The number of ether oxygens (including phenoxy) is 1. The number of nitrogens with zero attached hydrogens (tertiary/aromatic N) is 2. The third-order valence-corrected chi connectivity index (χ3v) is 8.99. The molecule has 0 saturated carbocycles. The molecule has 0 aliphatic heterocycles. The molecule has 0 aliphatic rings.